The molecule has 3 aliphatic rings. The molecule has 3 aromatic rings. The maximum Gasteiger partial charge on any atom is 0.231 e. The second-order valence-corrected chi connectivity index (χ2v) is 8.15. The maximum absolute atomic E-state index is 5.91. The first kappa shape index (κ1) is 17.8. The number of aromatic nitrogens is 1. The van der Waals surface area contributed by atoms with Gasteiger partial charge in [0, 0.05) is 35.7 Å². The highest BCUT2D eigenvalue weighted by Gasteiger charge is 2.32. The molecule has 0 bridgehead atoms. The molecule has 6 rings (SSSR count). The molecule has 0 amide bonds. The normalized spacial score (nSPS) is 16.7. The molecule has 3 heterocycles. The topological polar surface area (TPSA) is 53.1 Å². The number of methoxy groups -OCH3 is 2. The van der Waals surface area contributed by atoms with E-state index in [9.17, 15) is 0 Å². The molecule has 1 fully saturated rings. The van der Waals surface area contributed by atoms with Gasteiger partial charge in [0.1, 0.15) is 0 Å². The van der Waals surface area contributed by atoms with Gasteiger partial charge in [0.05, 0.1) is 19.9 Å². The Morgan fingerprint density at radius 3 is 2.60 bits per heavy atom. The molecule has 0 unspecified atom stereocenters. The molecular formula is C24H24N2O4. The summed E-state index contributed by atoms with van der Waals surface area (Å²) in [7, 11) is 3.33. The van der Waals surface area contributed by atoms with E-state index in [1.165, 1.54) is 35.1 Å². The molecule has 0 atom stereocenters. The van der Waals surface area contributed by atoms with E-state index < -0.39 is 0 Å². The van der Waals surface area contributed by atoms with Gasteiger partial charge in [0.15, 0.2) is 23.0 Å². The second-order valence-electron chi connectivity index (χ2n) is 8.15. The molecule has 0 saturated carbocycles. The Morgan fingerprint density at radius 2 is 1.80 bits per heavy atom. The fourth-order valence-corrected chi connectivity index (χ4v) is 5.08. The Morgan fingerprint density at radius 1 is 1.00 bits per heavy atom. The van der Waals surface area contributed by atoms with Crippen molar-refractivity contribution in [3.63, 3.8) is 0 Å². The predicted molar refractivity (Wildman–Crippen MR) is 114 cm³/mol. The third-order valence-corrected chi connectivity index (χ3v) is 6.57. The van der Waals surface area contributed by atoms with E-state index in [1.54, 1.807) is 14.2 Å². The van der Waals surface area contributed by atoms with Crippen molar-refractivity contribution in [3.05, 3.63) is 41.1 Å². The molecule has 0 spiro atoms. The van der Waals surface area contributed by atoms with Gasteiger partial charge in [-0.3, -0.25) is 9.88 Å². The fourth-order valence-electron chi connectivity index (χ4n) is 5.08. The van der Waals surface area contributed by atoms with Gasteiger partial charge in [0.25, 0.3) is 0 Å². The van der Waals surface area contributed by atoms with Gasteiger partial charge in [-0.25, -0.2) is 0 Å². The van der Waals surface area contributed by atoms with Crippen LogP contribution in [0.25, 0.3) is 22.0 Å². The zero-order valence-electron chi connectivity index (χ0n) is 17.3. The molecule has 2 aliphatic heterocycles. The Hall–Kier alpha value is -2.99. The van der Waals surface area contributed by atoms with Crippen LogP contribution in [-0.4, -0.2) is 44.0 Å². The zero-order chi connectivity index (χ0) is 20.2. The minimum atomic E-state index is 0.292. The van der Waals surface area contributed by atoms with Gasteiger partial charge in [0.2, 0.25) is 6.79 Å². The molecule has 0 radical (unpaired) electrons. The minimum absolute atomic E-state index is 0.292. The highest BCUT2D eigenvalue weighted by atomic mass is 16.7. The van der Waals surface area contributed by atoms with Crippen molar-refractivity contribution in [2.45, 2.75) is 25.8 Å². The minimum Gasteiger partial charge on any atom is -0.493 e. The van der Waals surface area contributed by atoms with E-state index in [4.69, 9.17) is 23.9 Å². The van der Waals surface area contributed by atoms with Crippen molar-refractivity contribution < 1.29 is 18.9 Å². The highest BCUT2D eigenvalue weighted by Crippen LogP contribution is 2.49. The van der Waals surface area contributed by atoms with Crippen molar-refractivity contribution in [1.29, 1.82) is 0 Å². The van der Waals surface area contributed by atoms with Crippen molar-refractivity contribution in [1.82, 2.24) is 9.88 Å². The van der Waals surface area contributed by atoms with Gasteiger partial charge in [-0.05, 0) is 60.6 Å². The van der Waals surface area contributed by atoms with Crippen LogP contribution in [0.2, 0.25) is 0 Å². The number of nitrogens with zero attached hydrogens (tertiary/aromatic N) is 2. The lowest BCUT2D eigenvalue weighted by atomic mass is 9.99. The Bertz CT molecular complexity index is 1170. The molecular weight excluding hydrogens is 380 g/mol. The van der Waals surface area contributed by atoms with E-state index in [0.29, 0.717) is 6.79 Å². The molecule has 1 aromatic heterocycles. The number of ether oxygens (including phenoxy) is 4. The monoisotopic (exact) mass is 404 g/mol. The summed E-state index contributed by atoms with van der Waals surface area (Å²) >= 11 is 0. The number of hydrogen-bond acceptors (Lipinski definition) is 6. The van der Waals surface area contributed by atoms with E-state index in [0.717, 1.165) is 65.5 Å². The first-order valence-corrected chi connectivity index (χ1v) is 10.5. The third kappa shape index (κ3) is 2.56. The van der Waals surface area contributed by atoms with Crippen molar-refractivity contribution >= 4 is 10.8 Å². The highest BCUT2D eigenvalue weighted by molar-refractivity contribution is 5.95. The average molecular weight is 404 g/mol. The van der Waals surface area contributed by atoms with Crippen molar-refractivity contribution in [2.75, 3.05) is 34.1 Å². The summed E-state index contributed by atoms with van der Waals surface area (Å²) in [6.45, 7) is 3.48. The van der Waals surface area contributed by atoms with Gasteiger partial charge < -0.3 is 18.9 Å². The summed E-state index contributed by atoms with van der Waals surface area (Å²) in [6, 6.07) is 6.18. The van der Waals surface area contributed by atoms with Crippen LogP contribution in [-0.2, 0) is 13.0 Å². The van der Waals surface area contributed by atoms with Crippen LogP contribution in [0.3, 0.4) is 0 Å². The number of fused-ring (bicyclic) bond motifs is 6. The number of benzene rings is 2. The van der Waals surface area contributed by atoms with Crippen LogP contribution in [0, 0.1) is 0 Å². The summed E-state index contributed by atoms with van der Waals surface area (Å²) in [5.41, 5.74) is 6.00. The van der Waals surface area contributed by atoms with Crippen LogP contribution < -0.4 is 18.9 Å². The number of likely N-dealkylation sites (tertiary alicyclic amines) is 1. The number of hydrogen-bond donors (Lipinski definition) is 0. The molecule has 6 nitrogen and oxygen atoms in total. The molecule has 1 aliphatic carbocycles. The van der Waals surface area contributed by atoms with Crippen LogP contribution >= 0.6 is 0 Å². The average Bonchev–Trinajstić information content (AvgIpc) is 3.52. The first-order valence-electron chi connectivity index (χ1n) is 10.5. The molecule has 0 N–H and O–H groups in total. The van der Waals surface area contributed by atoms with Crippen LogP contribution in [0.5, 0.6) is 23.0 Å². The quantitative estimate of drug-likeness (QED) is 0.509. The lowest BCUT2D eigenvalue weighted by Crippen LogP contribution is -2.19. The van der Waals surface area contributed by atoms with Crippen LogP contribution in [0.4, 0.5) is 0 Å². The van der Waals surface area contributed by atoms with Gasteiger partial charge in [-0.2, -0.15) is 0 Å². The van der Waals surface area contributed by atoms with Gasteiger partial charge in [-0.1, -0.05) is 0 Å². The van der Waals surface area contributed by atoms with E-state index in [2.05, 4.69) is 17.0 Å². The number of rotatable bonds is 4. The predicted octanol–water partition coefficient (Wildman–Crippen LogP) is 4.15. The Kier molecular flexibility index (Phi) is 4.03. The SMILES string of the molecule is COc1cc2cnc3c(c2cc1OC)Cc1c-3cc2c(c1CN1CCCC1)OCO2. The molecule has 2 aromatic carbocycles. The lowest BCUT2D eigenvalue weighted by Gasteiger charge is -2.19. The van der Waals surface area contributed by atoms with Crippen LogP contribution in [0.15, 0.2) is 24.4 Å². The Balaban J connectivity index is 1.53. The van der Waals surface area contributed by atoms with Gasteiger partial charge in [-0.15, -0.1) is 0 Å². The molecule has 30 heavy (non-hydrogen) atoms. The van der Waals surface area contributed by atoms with Gasteiger partial charge >= 0.3 is 0 Å². The van der Waals surface area contributed by atoms with E-state index in [1.807, 2.05) is 12.3 Å². The van der Waals surface area contributed by atoms with Crippen molar-refractivity contribution in [3.8, 4) is 34.3 Å². The summed E-state index contributed by atoms with van der Waals surface area (Å²) in [5.74, 6) is 3.21. The largest absolute Gasteiger partial charge is 0.493 e. The Labute approximate surface area is 175 Å². The number of pyridine rings is 1. The molecule has 154 valence electrons. The first-order chi connectivity index (χ1) is 14.8. The maximum atomic E-state index is 5.91. The summed E-state index contributed by atoms with van der Waals surface area (Å²) in [6.07, 6.45) is 5.30. The third-order valence-electron chi connectivity index (χ3n) is 6.57. The standard InChI is InChI=1S/C24H24N2O4/c1-27-20-7-14-11-25-23-17(15(14)9-21(20)28-2)8-16-18(23)10-22-24(30-13-29-22)19(16)12-26-5-3-4-6-26/h7,9-11H,3-6,8,12-13H2,1-2H3. The summed E-state index contributed by atoms with van der Waals surface area (Å²) in [4.78, 5) is 7.37. The smallest absolute Gasteiger partial charge is 0.231 e. The lowest BCUT2D eigenvalue weighted by molar-refractivity contribution is 0.172. The fraction of sp³-hybridized carbons (Fsp3) is 0.375. The summed E-state index contributed by atoms with van der Waals surface area (Å²) < 4.78 is 22.8. The van der Waals surface area contributed by atoms with Crippen LogP contribution in [0.1, 0.15) is 29.5 Å². The molecule has 1 saturated heterocycles. The zero-order valence-corrected chi connectivity index (χ0v) is 17.3. The molecule has 6 heteroatoms. The van der Waals surface area contributed by atoms with E-state index >= 15 is 0 Å². The van der Waals surface area contributed by atoms with E-state index in [-0.39, 0.29) is 0 Å². The van der Waals surface area contributed by atoms with Crippen molar-refractivity contribution in [2.24, 2.45) is 0 Å². The second kappa shape index (κ2) is 6.77. The summed E-state index contributed by atoms with van der Waals surface area (Å²) in [5, 5.41) is 2.21.